The summed E-state index contributed by atoms with van der Waals surface area (Å²) in [7, 11) is 0. The van der Waals surface area contributed by atoms with Gasteiger partial charge >= 0.3 is 0 Å². The van der Waals surface area contributed by atoms with Crippen LogP contribution in [0.25, 0.3) is 0 Å². The Hall–Kier alpha value is -1.13. The highest BCUT2D eigenvalue weighted by atomic mass is 32.1. The van der Waals surface area contributed by atoms with Crippen LogP contribution in [0, 0.1) is 13.8 Å². The molecule has 20 heavy (non-hydrogen) atoms. The average Bonchev–Trinajstić information content (AvgIpc) is 2.93. The molecule has 0 atom stereocenters. The molecule has 0 amide bonds. The number of thiocarbonyl (C=S) groups is 1. The summed E-state index contributed by atoms with van der Waals surface area (Å²) in [5, 5.41) is 7.33. The van der Waals surface area contributed by atoms with Crippen LogP contribution in [0.4, 0.5) is 5.69 Å². The molecule has 0 radical (unpaired) electrons. The standard InChI is InChI=1S/C16H25N3S/c1-13-7-5-8-15(14(13)2)18-16(20)17-9-6-12-19-10-3-4-11-19/h5,7-8H,3-4,6,9-12H2,1-2H3,(H2,17,18,20)/p+1. The van der Waals surface area contributed by atoms with Crippen molar-refractivity contribution in [2.45, 2.75) is 33.1 Å². The van der Waals surface area contributed by atoms with Crippen molar-refractivity contribution in [2.24, 2.45) is 0 Å². The summed E-state index contributed by atoms with van der Waals surface area (Å²) in [4.78, 5) is 1.75. The molecule has 0 saturated carbocycles. The predicted molar refractivity (Wildman–Crippen MR) is 89.6 cm³/mol. The summed E-state index contributed by atoms with van der Waals surface area (Å²) in [5.41, 5.74) is 3.65. The molecule has 0 unspecified atom stereocenters. The van der Waals surface area contributed by atoms with Gasteiger partial charge in [-0.3, -0.25) is 0 Å². The fourth-order valence-electron chi connectivity index (χ4n) is 2.72. The van der Waals surface area contributed by atoms with Gasteiger partial charge < -0.3 is 15.5 Å². The SMILES string of the molecule is Cc1cccc(NC(=S)NCCC[NH+]2CCCC2)c1C. The van der Waals surface area contributed by atoms with Gasteiger partial charge in [0.1, 0.15) is 0 Å². The van der Waals surface area contributed by atoms with Gasteiger partial charge in [-0.25, -0.2) is 0 Å². The maximum Gasteiger partial charge on any atom is 0.170 e. The third-order valence-corrected chi connectivity index (χ3v) is 4.40. The molecule has 3 N–H and O–H groups in total. The molecular formula is C16H26N3S+. The van der Waals surface area contributed by atoms with E-state index >= 15 is 0 Å². The van der Waals surface area contributed by atoms with Crippen molar-refractivity contribution < 1.29 is 4.90 Å². The number of hydrogen-bond acceptors (Lipinski definition) is 1. The van der Waals surface area contributed by atoms with Gasteiger partial charge in [0.2, 0.25) is 0 Å². The van der Waals surface area contributed by atoms with Crippen LogP contribution in [0.2, 0.25) is 0 Å². The Morgan fingerprint density at radius 3 is 2.75 bits per heavy atom. The van der Waals surface area contributed by atoms with Crippen LogP contribution in [-0.2, 0) is 0 Å². The van der Waals surface area contributed by atoms with Crippen molar-refractivity contribution >= 4 is 23.0 Å². The molecule has 1 aliphatic heterocycles. The van der Waals surface area contributed by atoms with E-state index in [1.165, 1.54) is 50.0 Å². The predicted octanol–water partition coefficient (Wildman–Crippen LogP) is 1.66. The highest BCUT2D eigenvalue weighted by Crippen LogP contribution is 2.17. The molecule has 2 rings (SSSR count). The fraction of sp³-hybridized carbons (Fsp3) is 0.562. The van der Waals surface area contributed by atoms with Gasteiger partial charge in [-0.2, -0.15) is 0 Å². The Labute approximate surface area is 127 Å². The zero-order valence-corrected chi connectivity index (χ0v) is 13.4. The molecule has 1 aromatic rings. The largest absolute Gasteiger partial charge is 0.362 e. The summed E-state index contributed by atoms with van der Waals surface area (Å²) in [6.07, 6.45) is 3.98. The molecule has 0 bridgehead atoms. The minimum Gasteiger partial charge on any atom is -0.362 e. The number of rotatable bonds is 5. The summed E-state index contributed by atoms with van der Waals surface area (Å²) >= 11 is 5.36. The maximum absolute atomic E-state index is 5.36. The topological polar surface area (TPSA) is 28.5 Å². The monoisotopic (exact) mass is 292 g/mol. The van der Waals surface area contributed by atoms with E-state index in [1.807, 2.05) is 0 Å². The van der Waals surface area contributed by atoms with Crippen LogP contribution in [0.15, 0.2) is 18.2 Å². The van der Waals surface area contributed by atoms with Crippen molar-refractivity contribution in [2.75, 3.05) is 31.5 Å². The first-order valence-electron chi connectivity index (χ1n) is 7.61. The second kappa shape index (κ2) is 7.60. The number of quaternary nitrogens is 1. The maximum atomic E-state index is 5.36. The van der Waals surface area contributed by atoms with E-state index in [2.05, 4.69) is 42.7 Å². The van der Waals surface area contributed by atoms with E-state index in [-0.39, 0.29) is 0 Å². The Morgan fingerprint density at radius 1 is 1.25 bits per heavy atom. The van der Waals surface area contributed by atoms with Crippen molar-refractivity contribution in [1.29, 1.82) is 0 Å². The highest BCUT2D eigenvalue weighted by Gasteiger charge is 2.14. The summed E-state index contributed by atoms with van der Waals surface area (Å²) in [6, 6.07) is 6.25. The number of likely N-dealkylation sites (tertiary alicyclic amines) is 1. The van der Waals surface area contributed by atoms with E-state index in [9.17, 15) is 0 Å². The van der Waals surface area contributed by atoms with Gasteiger partial charge in [-0.15, -0.1) is 0 Å². The van der Waals surface area contributed by atoms with Crippen molar-refractivity contribution in [3.63, 3.8) is 0 Å². The van der Waals surface area contributed by atoms with Crippen LogP contribution in [0.5, 0.6) is 0 Å². The molecular weight excluding hydrogens is 266 g/mol. The van der Waals surface area contributed by atoms with Crippen LogP contribution >= 0.6 is 12.2 Å². The third-order valence-electron chi connectivity index (χ3n) is 4.16. The molecule has 1 saturated heterocycles. The van der Waals surface area contributed by atoms with Crippen molar-refractivity contribution in [1.82, 2.24) is 5.32 Å². The first kappa shape index (κ1) is 15.3. The Balaban J connectivity index is 1.68. The average molecular weight is 292 g/mol. The van der Waals surface area contributed by atoms with Crippen LogP contribution in [0.3, 0.4) is 0 Å². The van der Waals surface area contributed by atoms with Crippen LogP contribution in [0.1, 0.15) is 30.4 Å². The van der Waals surface area contributed by atoms with Crippen molar-refractivity contribution in [3.05, 3.63) is 29.3 Å². The van der Waals surface area contributed by atoms with Gasteiger partial charge in [0, 0.05) is 31.5 Å². The zero-order valence-electron chi connectivity index (χ0n) is 12.6. The van der Waals surface area contributed by atoms with Gasteiger partial charge in [0.25, 0.3) is 0 Å². The van der Waals surface area contributed by atoms with Crippen LogP contribution < -0.4 is 15.5 Å². The molecule has 110 valence electrons. The number of benzene rings is 1. The molecule has 3 nitrogen and oxygen atoms in total. The molecule has 1 aliphatic rings. The van der Waals surface area contributed by atoms with Crippen LogP contribution in [-0.4, -0.2) is 31.3 Å². The first-order chi connectivity index (χ1) is 9.66. The van der Waals surface area contributed by atoms with Gasteiger partial charge in [-0.1, -0.05) is 12.1 Å². The Bertz CT molecular complexity index is 453. The number of nitrogens with one attached hydrogen (secondary N) is 3. The molecule has 4 heteroatoms. The quantitative estimate of drug-likeness (QED) is 0.569. The molecule has 1 fully saturated rings. The van der Waals surface area contributed by atoms with Gasteiger partial charge in [0.15, 0.2) is 5.11 Å². The van der Waals surface area contributed by atoms with E-state index in [0.717, 1.165) is 17.3 Å². The minimum absolute atomic E-state index is 0.732. The molecule has 0 aromatic heterocycles. The van der Waals surface area contributed by atoms with Gasteiger partial charge in [0.05, 0.1) is 19.6 Å². The molecule has 0 spiro atoms. The Morgan fingerprint density at radius 2 is 2.00 bits per heavy atom. The lowest BCUT2D eigenvalue weighted by Crippen LogP contribution is -3.10. The Kier molecular flexibility index (Phi) is 5.80. The lowest BCUT2D eigenvalue weighted by Gasteiger charge is -2.15. The normalized spacial score (nSPS) is 15.3. The lowest BCUT2D eigenvalue weighted by molar-refractivity contribution is -0.887. The van der Waals surface area contributed by atoms with E-state index in [4.69, 9.17) is 12.2 Å². The second-order valence-electron chi connectivity index (χ2n) is 5.69. The molecule has 1 heterocycles. The molecule has 0 aliphatic carbocycles. The summed E-state index contributed by atoms with van der Waals surface area (Å²) in [6.45, 7) is 9.17. The number of hydrogen-bond donors (Lipinski definition) is 3. The molecule has 1 aromatic carbocycles. The lowest BCUT2D eigenvalue weighted by atomic mass is 10.1. The minimum atomic E-state index is 0.732. The zero-order chi connectivity index (χ0) is 14.4. The number of aryl methyl sites for hydroxylation is 1. The fourth-order valence-corrected chi connectivity index (χ4v) is 2.93. The second-order valence-corrected chi connectivity index (χ2v) is 6.10. The first-order valence-corrected chi connectivity index (χ1v) is 8.02. The van der Waals surface area contributed by atoms with E-state index in [0.29, 0.717) is 0 Å². The highest BCUT2D eigenvalue weighted by molar-refractivity contribution is 7.80. The van der Waals surface area contributed by atoms with E-state index < -0.39 is 0 Å². The van der Waals surface area contributed by atoms with Crippen molar-refractivity contribution in [3.8, 4) is 0 Å². The third kappa shape index (κ3) is 4.46. The van der Waals surface area contributed by atoms with E-state index in [1.54, 1.807) is 4.90 Å². The van der Waals surface area contributed by atoms with Gasteiger partial charge in [-0.05, 0) is 43.3 Å². The summed E-state index contributed by atoms with van der Waals surface area (Å²) < 4.78 is 0. The summed E-state index contributed by atoms with van der Waals surface area (Å²) in [5.74, 6) is 0. The smallest absolute Gasteiger partial charge is 0.170 e. The number of anilines is 1.